The minimum absolute atomic E-state index is 0.181. The summed E-state index contributed by atoms with van der Waals surface area (Å²) in [6.45, 7) is 2.67. The summed E-state index contributed by atoms with van der Waals surface area (Å²) in [5.41, 5.74) is 6.11. The van der Waals surface area contributed by atoms with Crippen LogP contribution in [0.4, 0.5) is 17.2 Å². The molecule has 0 saturated carbocycles. The maximum Gasteiger partial charge on any atom is 0.151 e. The molecule has 0 spiro atoms. The Balaban J connectivity index is 1.48. The zero-order valence-corrected chi connectivity index (χ0v) is 18.5. The Kier molecular flexibility index (Phi) is 4.33. The highest BCUT2D eigenvalue weighted by atomic mass is 16.3. The van der Waals surface area contributed by atoms with E-state index in [4.69, 9.17) is 4.98 Å². The third-order valence-electron chi connectivity index (χ3n) is 6.20. The monoisotopic (exact) mass is 433 g/mol. The molecule has 0 radical (unpaired) electrons. The number of phenolic OH excluding ortho intramolecular Hbond substituents is 1. The molecular formula is C27H23N5O. The Morgan fingerprint density at radius 3 is 2.36 bits per heavy atom. The first kappa shape index (κ1) is 19.4. The predicted octanol–water partition coefficient (Wildman–Crippen LogP) is 5.65. The Morgan fingerprint density at radius 2 is 1.55 bits per heavy atom. The normalized spacial score (nSPS) is 13.0. The third kappa shape index (κ3) is 3.03. The van der Waals surface area contributed by atoms with E-state index in [-0.39, 0.29) is 5.75 Å². The molecule has 1 aliphatic heterocycles. The van der Waals surface area contributed by atoms with Crippen LogP contribution in [0.1, 0.15) is 5.82 Å². The van der Waals surface area contributed by atoms with E-state index < -0.39 is 0 Å². The molecule has 6 rings (SSSR count). The van der Waals surface area contributed by atoms with Gasteiger partial charge in [-0.2, -0.15) is 0 Å². The molecular weight excluding hydrogens is 410 g/mol. The lowest BCUT2D eigenvalue weighted by Gasteiger charge is -2.19. The van der Waals surface area contributed by atoms with Crippen LogP contribution < -0.4 is 9.80 Å². The van der Waals surface area contributed by atoms with Crippen LogP contribution in [0.2, 0.25) is 0 Å². The van der Waals surface area contributed by atoms with Crippen molar-refractivity contribution in [2.45, 2.75) is 6.92 Å². The van der Waals surface area contributed by atoms with Gasteiger partial charge in [0.25, 0.3) is 0 Å². The Bertz CT molecular complexity index is 1490. The van der Waals surface area contributed by atoms with Crippen LogP contribution in [0.15, 0.2) is 84.9 Å². The van der Waals surface area contributed by atoms with Crippen molar-refractivity contribution in [2.24, 2.45) is 0 Å². The first-order valence-corrected chi connectivity index (χ1v) is 10.9. The van der Waals surface area contributed by atoms with Gasteiger partial charge in [-0.1, -0.05) is 36.4 Å². The molecule has 6 heteroatoms. The van der Waals surface area contributed by atoms with E-state index in [1.54, 1.807) is 0 Å². The lowest BCUT2D eigenvalue weighted by atomic mass is 10.1. The van der Waals surface area contributed by atoms with Crippen LogP contribution in [0.25, 0.3) is 28.0 Å². The molecule has 1 aliphatic rings. The topological polar surface area (TPSA) is 57.4 Å². The summed E-state index contributed by atoms with van der Waals surface area (Å²) in [5.74, 6) is 1.85. The average Bonchev–Trinajstić information content (AvgIpc) is 3.37. The number of para-hydroxylation sites is 3. The SMILES string of the molecule is Cc1nc2ccc(-c3cccc(N4CN(C)c5ccccc54)n3)c(O)c2n1-c1ccccc1. The van der Waals surface area contributed by atoms with E-state index in [0.29, 0.717) is 11.1 Å². The molecule has 0 amide bonds. The van der Waals surface area contributed by atoms with Gasteiger partial charge < -0.3 is 14.9 Å². The summed E-state index contributed by atoms with van der Waals surface area (Å²) < 4.78 is 1.99. The highest BCUT2D eigenvalue weighted by molar-refractivity contribution is 5.92. The number of hydrogen-bond acceptors (Lipinski definition) is 5. The van der Waals surface area contributed by atoms with Gasteiger partial charge in [0.1, 0.15) is 17.2 Å². The molecule has 0 fully saturated rings. The molecule has 6 nitrogen and oxygen atoms in total. The number of pyridine rings is 1. The van der Waals surface area contributed by atoms with Crippen LogP contribution in [0.3, 0.4) is 0 Å². The van der Waals surface area contributed by atoms with Gasteiger partial charge >= 0.3 is 0 Å². The van der Waals surface area contributed by atoms with E-state index in [9.17, 15) is 5.11 Å². The highest BCUT2D eigenvalue weighted by Crippen LogP contribution is 2.41. The molecule has 3 aromatic carbocycles. The second-order valence-corrected chi connectivity index (χ2v) is 8.30. The zero-order valence-electron chi connectivity index (χ0n) is 18.5. The number of rotatable bonds is 3. The fourth-order valence-electron chi connectivity index (χ4n) is 4.66. The molecule has 0 saturated heterocycles. The van der Waals surface area contributed by atoms with Crippen molar-refractivity contribution in [1.82, 2.24) is 14.5 Å². The van der Waals surface area contributed by atoms with Crippen molar-refractivity contribution >= 4 is 28.2 Å². The first-order chi connectivity index (χ1) is 16.1. The molecule has 162 valence electrons. The average molecular weight is 434 g/mol. The van der Waals surface area contributed by atoms with Crippen LogP contribution >= 0.6 is 0 Å². The smallest absolute Gasteiger partial charge is 0.151 e. The number of aromatic nitrogens is 3. The lowest BCUT2D eigenvalue weighted by molar-refractivity contribution is 0.481. The first-order valence-electron chi connectivity index (χ1n) is 10.9. The molecule has 0 aliphatic carbocycles. The number of phenols is 1. The van der Waals surface area contributed by atoms with Crippen LogP contribution in [0.5, 0.6) is 5.75 Å². The van der Waals surface area contributed by atoms with E-state index in [0.717, 1.165) is 40.9 Å². The van der Waals surface area contributed by atoms with E-state index >= 15 is 0 Å². The van der Waals surface area contributed by atoms with E-state index in [1.807, 2.05) is 84.3 Å². The predicted molar refractivity (Wildman–Crippen MR) is 133 cm³/mol. The van der Waals surface area contributed by atoms with Crippen LogP contribution in [0, 0.1) is 6.92 Å². The van der Waals surface area contributed by atoms with Gasteiger partial charge in [0.15, 0.2) is 5.75 Å². The second-order valence-electron chi connectivity index (χ2n) is 8.30. The quantitative estimate of drug-likeness (QED) is 0.399. The van der Waals surface area contributed by atoms with Crippen LogP contribution in [-0.4, -0.2) is 33.4 Å². The summed E-state index contributed by atoms with van der Waals surface area (Å²) in [7, 11) is 2.08. The van der Waals surface area contributed by atoms with Gasteiger partial charge in [0.2, 0.25) is 0 Å². The van der Waals surface area contributed by atoms with Crippen molar-refractivity contribution in [3.63, 3.8) is 0 Å². The zero-order chi connectivity index (χ0) is 22.5. The summed E-state index contributed by atoms with van der Waals surface area (Å²) in [5, 5.41) is 11.4. The third-order valence-corrected chi connectivity index (χ3v) is 6.20. The Hall–Kier alpha value is -4.32. The largest absolute Gasteiger partial charge is 0.505 e. The number of imidazole rings is 1. The van der Waals surface area contributed by atoms with Gasteiger partial charge in [-0.05, 0) is 55.5 Å². The van der Waals surface area contributed by atoms with Crippen molar-refractivity contribution in [3.8, 4) is 22.7 Å². The number of aryl methyl sites for hydroxylation is 1. The Morgan fingerprint density at radius 1 is 0.788 bits per heavy atom. The van der Waals surface area contributed by atoms with Crippen molar-refractivity contribution < 1.29 is 5.11 Å². The van der Waals surface area contributed by atoms with Gasteiger partial charge in [-0.15, -0.1) is 0 Å². The van der Waals surface area contributed by atoms with Gasteiger partial charge in [0, 0.05) is 18.3 Å². The summed E-state index contributed by atoms with van der Waals surface area (Å²) >= 11 is 0. The highest BCUT2D eigenvalue weighted by Gasteiger charge is 2.25. The summed E-state index contributed by atoms with van der Waals surface area (Å²) in [6, 6.07) is 28.1. The summed E-state index contributed by atoms with van der Waals surface area (Å²) in [6.07, 6.45) is 0. The molecule has 0 bridgehead atoms. The molecule has 3 heterocycles. The second kappa shape index (κ2) is 7.38. The fourth-order valence-corrected chi connectivity index (χ4v) is 4.66. The number of anilines is 3. The number of fused-ring (bicyclic) bond motifs is 2. The Labute approximate surface area is 192 Å². The standard InChI is InChI=1S/C27H23N5O/c1-18-28-22-16-15-20(27(33)26(22)32(18)19-9-4-3-5-10-19)21-11-8-14-25(29-21)31-17-30(2)23-12-6-7-13-24(23)31/h3-16,33H,17H2,1-2H3. The number of nitrogens with zero attached hydrogens (tertiary/aromatic N) is 5. The van der Waals surface area contributed by atoms with Gasteiger partial charge in [-0.25, -0.2) is 9.97 Å². The van der Waals surface area contributed by atoms with Crippen molar-refractivity contribution in [3.05, 3.63) is 90.8 Å². The number of benzene rings is 3. The van der Waals surface area contributed by atoms with E-state index in [1.165, 1.54) is 5.69 Å². The maximum absolute atomic E-state index is 11.4. The minimum atomic E-state index is 0.181. The lowest BCUT2D eigenvalue weighted by Crippen LogP contribution is -2.24. The fraction of sp³-hybridized carbons (Fsp3) is 0.111. The molecule has 1 N–H and O–H groups in total. The van der Waals surface area contributed by atoms with E-state index in [2.05, 4.69) is 34.0 Å². The van der Waals surface area contributed by atoms with Crippen molar-refractivity contribution in [1.29, 1.82) is 0 Å². The minimum Gasteiger partial charge on any atom is -0.505 e. The molecule has 5 aromatic rings. The molecule has 33 heavy (non-hydrogen) atoms. The number of hydrogen-bond donors (Lipinski definition) is 1. The van der Waals surface area contributed by atoms with Gasteiger partial charge in [-0.3, -0.25) is 4.57 Å². The summed E-state index contributed by atoms with van der Waals surface area (Å²) in [4.78, 5) is 14.0. The van der Waals surface area contributed by atoms with Gasteiger partial charge in [0.05, 0.1) is 29.3 Å². The molecule has 0 unspecified atom stereocenters. The maximum atomic E-state index is 11.4. The van der Waals surface area contributed by atoms with Crippen LogP contribution in [-0.2, 0) is 0 Å². The molecule has 0 atom stereocenters. The number of aromatic hydroxyl groups is 1. The van der Waals surface area contributed by atoms with Crippen molar-refractivity contribution in [2.75, 3.05) is 23.5 Å². The molecule has 2 aromatic heterocycles.